The van der Waals surface area contributed by atoms with Gasteiger partial charge in [0.2, 0.25) is 0 Å². The third-order valence-electron chi connectivity index (χ3n) is 3.67. The third-order valence-corrected chi connectivity index (χ3v) is 3.67. The summed E-state index contributed by atoms with van der Waals surface area (Å²) in [6, 6.07) is 18.4. The Morgan fingerprint density at radius 2 is 1.42 bits per heavy atom. The molecule has 1 aromatic heterocycles. The van der Waals surface area contributed by atoms with Gasteiger partial charge in [-0.2, -0.15) is 15.6 Å². The maximum Gasteiger partial charge on any atom is 0.175 e. The predicted molar refractivity (Wildman–Crippen MR) is 85.5 cm³/mol. The van der Waals surface area contributed by atoms with Gasteiger partial charge in [0.25, 0.3) is 0 Å². The maximum atomic E-state index is 9.20. The molecule has 0 atom stereocenters. The van der Waals surface area contributed by atoms with Crippen LogP contribution in [-0.4, -0.2) is 19.9 Å². The van der Waals surface area contributed by atoms with Crippen molar-refractivity contribution in [3.63, 3.8) is 0 Å². The number of hydrogen-bond acceptors (Lipinski definition) is 5. The van der Waals surface area contributed by atoms with Crippen LogP contribution in [0.5, 0.6) is 0 Å². The lowest BCUT2D eigenvalue weighted by atomic mass is 9.97. The monoisotopic (exact) mass is 315 g/mol. The standard InChI is InChI=1S/C18H13N5O/c19-9-13-1-5-15(6-2-13)18(23-12-21-17(11-24)22-23)16-7-3-14(10-20)4-8-16/h1-8,12,18,24H,11H2. The molecule has 0 fully saturated rings. The number of rotatable bonds is 4. The average molecular weight is 315 g/mol. The molecule has 0 aliphatic carbocycles. The van der Waals surface area contributed by atoms with Crippen LogP contribution in [0.2, 0.25) is 0 Å². The smallest absolute Gasteiger partial charge is 0.175 e. The van der Waals surface area contributed by atoms with Crippen molar-refractivity contribution < 1.29 is 5.11 Å². The number of benzene rings is 2. The maximum absolute atomic E-state index is 9.20. The van der Waals surface area contributed by atoms with Crippen LogP contribution in [0.1, 0.15) is 34.1 Å². The molecule has 0 spiro atoms. The van der Waals surface area contributed by atoms with Crippen LogP contribution in [0.3, 0.4) is 0 Å². The Hall–Kier alpha value is -3.48. The van der Waals surface area contributed by atoms with Crippen molar-refractivity contribution in [3.8, 4) is 12.1 Å². The summed E-state index contributed by atoms with van der Waals surface area (Å²) in [5, 5.41) is 31.4. The van der Waals surface area contributed by atoms with Crippen molar-refractivity contribution in [2.24, 2.45) is 0 Å². The molecule has 6 heteroatoms. The number of nitriles is 2. The van der Waals surface area contributed by atoms with E-state index in [2.05, 4.69) is 22.2 Å². The number of aliphatic hydroxyl groups excluding tert-OH is 1. The van der Waals surface area contributed by atoms with Gasteiger partial charge in [0.05, 0.1) is 23.3 Å². The highest BCUT2D eigenvalue weighted by molar-refractivity contribution is 5.40. The van der Waals surface area contributed by atoms with E-state index < -0.39 is 0 Å². The molecule has 1 heterocycles. The second-order valence-corrected chi connectivity index (χ2v) is 5.17. The van der Waals surface area contributed by atoms with Gasteiger partial charge in [0.15, 0.2) is 5.82 Å². The summed E-state index contributed by atoms with van der Waals surface area (Å²) in [6.45, 7) is -0.236. The van der Waals surface area contributed by atoms with Gasteiger partial charge in [-0.15, -0.1) is 0 Å². The predicted octanol–water partition coefficient (Wildman–Crippen LogP) is 2.15. The first-order valence-corrected chi connectivity index (χ1v) is 7.26. The van der Waals surface area contributed by atoms with E-state index in [1.54, 1.807) is 35.3 Å². The molecule has 0 bridgehead atoms. The molecule has 0 amide bonds. The van der Waals surface area contributed by atoms with Crippen LogP contribution < -0.4 is 0 Å². The lowest BCUT2D eigenvalue weighted by molar-refractivity contribution is 0.270. The van der Waals surface area contributed by atoms with E-state index in [9.17, 15) is 5.11 Å². The van der Waals surface area contributed by atoms with E-state index in [0.717, 1.165) is 11.1 Å². The Balaban J connectivity index is 2.08. The fourth-order valence-corrected chi connectivity index (χ4v) is 2.49. The number of aliphatic hydroxyl groups is 1. The molecule has 1 N–H and O–H groups in total. The molecule has 2 aromatic carbocycles. The SMILES string of the molecule is N#Cc1ccc(C(c2ccc(C#N)cc2)n2cnc(CO)n2)cc1. The van der Waals surface area contributed by atoms with Gasteiger partial charge in [-0.25, -0.2) is 9.67 Å². The van der Waals surface area contributed by atoms with Crippen LogP contribution in [0, 0.1) is 22.7 Å². The van der Waals surface area contributed by atoms with E-state index in [1.165, 1.54) is 0 Å². The Morgan fingerprint density at radius 3 is 1.79 bits per heavy atom. The third kappa shape index (κ3) is 3.00. The van der Waals surface area contributed by atoms with Gasteiger partial charge in [0.1, 0.15) is 19.0 Å². The van der Waals surface area contributed by atoms with Gasteiger partial charge < -0.3 is 5.11 Å². The van der Waals surface area contributed by atoms with Gasteiger partial charge in [-0.05, 0) is 35.4 Å². The molecule has 0 aliphatic heterocycles. The summed E-state index contributed by atoms with van der Waals surface area (Å²) in [7, 11) is 0. The molecular formula is C18H13N5O. The molecule has 3 rings (SSSR count). The first-order chi connectivity index (χ1) is 11.7. The van der Waals surface area contributed by atoms with E-state index in [0.29, 0.717) is 17.0 Å². The molecular weight excluding hydrogens is 302 g/mol. The number of nitrogens with zero attached hydrogens (tertiary/aromatic N) is 5. The molecule has 0 unspecified atom stereocenters. The Kier molecular flexibility index (Phi) is 4.33. The van der Waals surface area contributed by atoms with Crippen molar-refractivity contribution in [1.29, 1.82) is 10.5 Å². The van der Waals surface area contributed by atoms with Crippen molar-refractivity contribution in [2.45, 2.75) is 12.6 Å². The first kappa shape index (κ1) is 15.4. The second-order valence-electron chi connectivity index (χ2n) is 5.17. The van der Waals surface area contributed by atoms with Crippen molar-refractivity contribution in [2.75, 3.05) is 0 Å². The van der Waals surface area contributed by atoms with E-state index in [1.807, 2.05) is 24.3 Å². The summed E-state index contributed by atoms with van der Waals surface area (Å²) < 4.78 is 1.66. The van der Waals surface area contributed by atoms with Crippen molar-refractivity contribution in [1.82, 2.24) is 14.8 Å². The fraction of sp³-hybridized carbons (Fsp3) is 0.111. The number of aromatic nitrogens is 3. The van der Waals surface area contributed by atoms with Gasteiger partial charge in [-0.1, -0.05) is 24.3 Å². The molecule has 24 heavy (non-hydrogen) atoms. The van der Waals surface area contributed by atoms with Gasteiger partial charge >= 0.3 is 0 Å². The molecule has 6 nitrogen and oxygen atoms in total. The van der Waals surface area contributed by atoms with Crippen molar-refractivity contribution >= 4 is 0 Å². The lowest BCUT2D eigenvalue weighted by Gasteiger charge is -2.18. The van der Waals surface area contributed by atoms with E-state index in [4.69, 9.17) is 10.5 Å². The zero-order valence-electron chi connectivity index (χ0n) is 12.7. The molecule has 0 saturated heterocycles. The topological polar surface area (TPSA) is 98.5 Å². The Morgan fingerprint density at radius 1 is 0.917 bits per heavy atom. The van der Waals surface area contributed by atoms with Crippen LogP contribution in [0.4, 0.5) is 0 Å². The van der Waals surface area contributed by atoms with E-state index in [-0.39, 0.29) is 12.6 Å². The largest absolute Gasteiger partial charge is 0.388 e. The number of hydrogen-bond donors (Lipinski definition) is 1. The molecule has 0 saturated carbocycles. The lowest BCUT2D eigenvalue weighted by Crippen LogP contribution is -2.13. The summed E-state index contributed by atoms with van der Waals surface area (Å²) in [6.07, 6.45) is 1.56. The zero-order valence-corrected chi connectivity index (χ0v) is 12.7. The summed E-state index contributed by atoms with van der Waals surface area (Å²) in [4.78, 5) is 4.07. The van der Waals surface area contributed by atoms with Gasteiger partial charge in [0, 0.05) is 0 Å². The minimum absolute atomic E-state index is 0.236. The summed E-state index contributed by atoms with van der Waals surface area (Å²) in [5.74, 6) is 0.335. The van der Waals surface area contributed by atoms with Gasteiger partial charge in [-0.3, -0.25) is 0 Å². The van der Waals surface area contributed by atoms with Crippen LogP contribution in [-0.2, 0) is 6.61 Å². The highest BCUT2D eigenvalue weighted by atomic mass is 16.3. The first-order valence-electron chi connectivity index (χ1n) is 7.26. The van der Waals surface area contributed by atoms with Crippen LogP contribution in [0.25, 0.3) is 0 Å². The molecule has 3 aromatic rings. The van der Waals surface area contributed by atoms with Crippen LogP contribution >= 0.6 is 0 Å². The molecule has 116 valence electrons. The minimum atomic E-state index is -0.265. The molecule has 0 aliphatic rings. The average Bonchev–Trinajstić information content (AvgIpc) is 3.12. The van der Waals surface area contributed by atoms with Crippen molar-refractivity contribution in [3.05, 3.63) is 82.9 Å². The Bertz CT molecular complexity index is 856. The highest BCUT2D eigenvalue weighted by Crippen LogP contribution is 2.26. The summed E-state index contributed by atoms with van der Waals surface area (Å²) in [5.41, 5.74) is 3.00. The van der Waals surface area contributed by atoms with Crippen LogP contribution in [0.15, 0.2) is 54.9 Å². The zero-order chi connectivity index (χ0) is 16.9. The van der Waals surface area contributed by atoms with E-state index >= 15 is 0 Å². The Labute approximate surface area is 138 Å². The fourth-order valence-electron chi connectivity index (χ4n) is 2.49. The highest BCUT2D eigenvalue weighted by Gasteiger charge is 2.18. The summed E-state index contributed by atoms with van der Waals surface area (Å²) >= 11 is 0. The minimum Gasteiger partial charge on any atom is -0.388 e. The molecule has 0 radical (unpaired) electrons. The quantitative estimate of drug-likeness (QED) is 0.795. The second kappa shape index (κ2) is 6.74. The normalized spacial score (nSPS) is 10.3.